The van der Waals surface area contributed by atoms with Crippen LogP contribution in [0, 0.1) is 4.77 Å². The number of H-pyrrole nitrogens is 1. The summed E-state index contributed by atoms with van der Waals surface area (Å²) in [7, 11) is 1.62. The Labute approximate surface area is 143 Å². The molecule has 5 nitrogen and oxygen atoms in total. The normalized spacial score (nSPS) is 11.0. The van der Waals surface area contributed by atoms with Gasteiger partial charge in [0.05, 0.1) is 13.3 Å². The van der Waals surface area contributed by atoms with Crippen LogP contribution in [0.5, 0.6) is 5.75 Å². The number of nitrogens with zero attached hydrogens (tertiary/aromatic N) is 3. The summed E-state index contributed by atoms with van der Waals surface area (Å²) in [6, 6.07) is 15.0. The summed E-state index contributed by atoms with van der Waals surface area (Å²) >= 11 is 11.4. The van der Waals surface area contributed by atoms with Gasteiger partial charge in [0.2, 0.25) is 4.77 Å². The summed E-state index contributed by atoms with van der Waals surface area (Å²) in [5, 5.41) is 12.0. The van der Waals surface area contributed by atoms with Gasteiger partial charge in [-0.2, -0.15) is 14.9 Å². The number of nitrogens with one attached hydrogen (secondary N) is 1. The number of benzene rings is 2. The SMILES string of the molecule is COc1cccc(-c2n[nH]c(=S)n2/N=C\c2ccccc2Cl)c1. The van der Waals surface area contributed by atoms with E-state index < -0.39 is 0 Å². The molecule has 0 saturated heterocycles. The van der Waals surface area contributed by atoms with Gasteiger partial charge in [0.25, 0.3) is 0 Å². The van der Waals surface area contributed by atoms with Crippen LogP contribution in [0.4, 0.5) is 0 Å². The molecule has 0 aliphatic heterocycles. The fourth-order valence-corrected chi connectivity index (χ4v) is 2.41. The quantitative estimate of drug-likeness (QED) is 0.571. The molecule has 1 N–H and O–H groups in total. The Bertz CT molecular complexity index is 916. The number of aromatic amines is 1. The third kappa shape index (κ3) is 3.33. The first-order chi connectivity index (χ1) is 11.2. The van der Waals surface area contributed by atoms with E-state index in [1.807, 2.05) is 42.5 Å². The topological polar surface area (TPSA) is 55.2 Å². The van der Waals surface area contributed by atoms with Crippen molar-refractivity contribution in [2.75, 3.05) is 7.11 Å². The first-order valence-corrected chi connectivity index (χ1v) is 7.58. The maximum atomic E-state index is 6.13. The Kier molecular flexibility index (Phi) is 4.55. The van der Waals surface area contributed by atoms with Crippen LogP contribution in [0.1, 0.15) is 5.56 Å². The minimum absolute atomic E-state index is 0.395. The van der Waals surface area contributed by atoms with Crippen molar-refractivity contribution in [3.05, 3.63) is 63.9 Å². The summed E-state index contributed by atoms with van der Waals surface area (Å²) in [4.78, 5) is 0. The second-order valence-corrected chi connectivity index (χ2v) is 5.46. The van der Waals surface area contributed by atoms with E-state index in [9.17, 15) is 0 Å². The van der Waals surface area contributed by atoms with E-state index in [1.165, 1.54) is 0 Å². The third-order valence-corrected chi connectivity index (χ3v) is 3.80. The van der Waals surface area contributed by atoms with E-state index in [-0.39, 0.29) is 0 Å². The molecule has 116 valence electrons. The molecule has 0 saturated carbocycles. The van der Waals surface area contributed by atoms with Gasteiger partial charge in [-0.1, -0.05) is 41.9 Å². The maximum Gasteiger partial charge on any atom is 0.216 e. The van der Waals surface area contributed by atoms with Crippen LogP contribution in [-0.2, 0) is 0 Å². The lowest BCUT2D eigenvalue weighted by Crippen LogP contribution is -1.95. The minimum Gasteiger partial charge on any atom is -0.497 e. The second kappa shape index (κ2) is 6.76. The molecule has 2 aromatic carbocycles. The first-order valence-electron chi connectivity index (χ1n) is 6.80. The van der Waals surface area contributed by atoms with Crippen LogP contribution in [0.3, 0.4) is 0 Å². The molecule has 0 bridgehead atoms. The first kappa shape index (κ1) is 15.5. The van der Waals surface area contributed by atoms with E-state index in [1.54, 1.807) is 24.1 Å². The third-order valence-electron chi connectivity index (χ3n) is 3.20. The minimum atomic E-state index is 0.395. The molecular formula is C16H13ClN4OS. The van der Waals surface area contributed by atoms with Crippen molar-refractivity contribution >= 4 is 30.0 Å². The van der Waals surface area contributed by atoms with Gasteiger partial charge in [0.15, 0.2) is 5.82 Å². The molecule has 1 heterocycles. The number of hydrogen-bond acceptors (Lipinski definition) is 4. The van der Waals surface area contributed by atoms with Crippen molar-refractivity contribution < 1.29 is 4.74 Å². The van der Waals surface area contributed by atoms with Crippen LogP contribution >= 0.6 is 23.8 Å². The average Bonchev–Trinajstić information content (AvgIpc) is 2.95. The van der Waals surface area contributed by atoms with Gasteiger partial charge in [-0.15, -0.1) is 0 Å². The highest BCUT2D eigenvalue weighted by Gasteiger charge is 2.09. The zero-order valence-electron chi connectivity index (χ0n) is 12.2. The molecule has 0 aliphatic rings. The summed E-state index contributed by atoms with van der Waals surface area (Å²) in [6.07, 6.45) is 1.65. The van der Waals surface area contributed by atoms with Crippen LogP contribution in [0.2, 0.25) is 5.02 Å². The van der Waals surface area contributed by atoms with Crippen molar-refractivity contribution in [2.24, 2.45) is 5.10 Å². The van der Waals surface area contributed by atoms with Gasteiger partial charge in [-0.3, -0.25) is 0 Å². The molecule has 0 atom stereocenters. The van der Waals surface area contributed by atoms with Gasteiger partial charge in [-0.25, -0.2) is 5.10 Å². The van der Waals surface area contributed by atoms with Gasteiger partial charge in [-0.05, 0) is 30.4 Å². The van der Waals surface area contributed by atoms with Crippen molar-refractivity contribution in [1.29, 1.82) is 0 Å². The van der Waals surface area contributed by atoms with E-state index in [2.05, 4.69) is 15.3 Å². The molecule has 0 spiro atoms. The Hall–Kier alpha value is -2.44. The molecule has 0 unspecified atom stereocenters. The van der Waals surface area contributed by atoms with Gasteiger partial charge >= 0.3 is 0 Å². The lowest BCUT2D eigenvalue weighted by atomic mass is 10.2. The number of halogens is 1. The van der Waals surface area contributed by atoms with Crippen LogP contribution in [0.15, 0.2) is 53.6 Å². The van der Waals surface area contributed by atoms with Crippen molar-refractivity contribution in [2.45, 2.75) is 0 Å². The highest BCUT2D eigenvalue weighted by Crippen LogP contribution is 2.22. The average molecular weight is 345 g/mol. The fraction of sp³-hybridized carbons (Fsp3) is 0.0625. The molecule has 3 rings (SSSR count). The summed E-state index contributed by atoms with van der Waals surface area (Å²) in [5.41, 5.74) is 1.64. The Morgan fingerprint density at radius 3 is 2.87 bits per heavy atom. The Morgan fingerprint density at radius 2 is 2.09 bits per heavy atom. The summed E-state index contributed by atoms with van der Waals surface area (Å²) in [6.45, 7) is 0. The largest absolute Gasteiger partial charge is 0.497 e. The predicted octanol–water partition coefficient (Wildman–Crippen LogP) is 4.15. The van der Waals surface area contributed by atoms with Gasteiger partial charge in [0, 0.05) is 16.1 Å². The van der Waals surface area contributed by atoms with Crippen LogP contribution < -0.4 is 4.74 Å². The highest BCUT2D eigenvalue weighted by atomic mass is 35.5. The molecule has 0 fully saturated rings. The lowest BCUT2D eigenvalue weighted by molar-refractivity contribution is 0.415. The monoisotopic (exact) mass is 344 g/mol. The molecule has 7 heteroatoms. The molecule has 3 aromatic rings. The van der Waals surface area contributed by atoms with Crippen LogP contribution in [0.25, 0.3) is 11.4 Å². The standard InChI is InChI=1S/C16H13ClN4OS/c1-22-13-7-4-6-11(9-13)15-19-20-16(23)21(15)18-10-12-5-2-3-8-14(12)17/h2-10H,1H3,(H,20,23)/b18-10-. The smallest absolute Gasteiger partial charge is 0.216 e. The van der Waals surface area contributed by atoms with Gasteiger partial charge < -0.3 is 4.74 Å². The number of aromatic nitrogens is 3. The van der Waals surface area contributed by atoms with Crippen molar-refractivity contribution in [3.8, 4) is 17.1 Å². The van der Waals surface area contributed by atoms with Crippen molar-refractivity contribution in [1.82, 2.24) is 14.9 Å². The highest BCUT2D eigenvalue weighted by molar-refractivity contribution is 7.71. The van der Waals surface area contributed by atoms with Crippen molar-refractivity contribution in [3.63, 3.8) is 0 Å². The second-order valence-electron chi connectivity index (χ2n) is 4.66. The number of rotatable bonds is 4. The molecule has 0 amide bonds. The number of ether oxygens (including phenoxy) is 1. The summed E-state index contributed by atoms with van der Waals surface area (Å²) in [5.74, 6) is 1.33. The molecule has 1 aromatic heterocycles. The number of hydrogen-bond donors (Lipinski definition) is 1. The Balaban J connectivity index is 2.02. The molecule has 0 aliphatic carbocycles. The Morgan fingerprint density at radius 1 is 1.26 bits per heavy atom. The van der Waals surface area contributed by atoms with E-state index in [0.717, 1.165) is 16.9 Å². The predicted molar refractivity (Wildman–Crippen MR) is 93.8 cm³/mol. The maximum absolute atomic E-state index is 6.13. The van der Waals surface area contributed by atoms with Crippen LogP contribution in [-0.4, -0.2) is 28.2 Å². The fourth-order valence-electron chi connectivity index (χ4n) is 2.05. The molecular weight excluding hydrogens is 332 g/mol. The zero-order valence-corrected chi connectivity index (χ0v) is 13.8. The zero-order chi connectivity index (χ0) is 16.2. The van der Waals surface area contributed by atoms with E-state index in [0.29, 0.717) is 15.6 Å². The summed E-state index contributed by atoms with van der Waals surface area (Å²) < 4.78 is 7.18. The van der Waals surface area contributed by atoms with E-state index in [4.69, 9.17) is 28.6 Å². The number of methoxy groups -OCH3 is 1. The van der Waals surface area contributed by atoms with Gasteiger partial charge in [0.1, 0.15) is 5.75 Å². The molecule has 23 heavy (non-hydrogen) atoms. The lowest BCUT2D eigenvalue weighted by Gasteiger charge is -2.04. The molecule has 0 radical (unpaired) electrons. The van der Waals surface area contributed by atoms with E-state index >= 15 is 0 Å².